The highest BCUT2D eigenvalue weighted by Gasteiger charge is 2.19. The van der Waals surface area contributed by atoms with E-state index in [0.29, 0.717) is 6.04 Å². The molecule has 1 N–H and O–H groups in total. The Morgan fingerprint density at radius 3 is 2.45 bits per heavy atom. The number of nitrogens with one attached hydrogen (secondary N) is 1. The fraction of sp³-hybridized carbons (Fsp3) is 0.647. The Morgan fingerprint density at radius 1 is 1.25 bits per heavy atom. The molecular formula is C17H28N2O. The standard InChI is InChI=1S/C17H28N2O/c1-4-18-14(2)16-5-7-17(8-6-16)19-11-9-15(10-12-19)13-20-3/h5-8,14-15,18H,4,9-13H2,1-3H3. The molecule has 20 heavy (non-hydrogen) atoms. The molecule has 1 aromatic carbocycles. The number of nitrogens with zero attached hydrogens (tertiary/aromatic N) is 1. The van der Waals surface area contributed by atoms with Crippen molar-refractivity contribution in [1.29, 1.82) is 0 Å². The molecule has 1 aliphatic rings. The summed E-state index contributed by atoms with van der Waals surface area (Å²) in [6.45, 7) is 8.58. The molecule has 1 fully saturated rings. The van der Waals surface area contributed by atoms with Crippen molar-refractivity contribution in [3.63, 3.8) is 0 Å². The predicted molar refractivity (Wildman–Crippen MR) is 85.3 cm³/mol. The minimum absolute atomic E-state index is 0.432. The average molecular weight is 276 g/mol. The fourth-order valence-electron chi connectivity index (χ4n) is 2.99. The third-order valence-corrected chi connectivity index (χ3v) is 4.29. The van der Waals surface area contributed by atoms with Crippen LogP contribution in [-0.2, 0) is 4.74 Å². The van der Waals surface area contributed by atoms with Gasteiger partial charge in [0.15, 0.2) is 0 Å². The number of benzene rings is 1. The van der Waals surface area contributed by atoms with E-state index in [2.05, 4.69) is 48.3 Å². The quantitative estimate of drug-likeness (QED) is 0.863. The number of hydrogen-bond acceptors (Lipinski definition) is 3. The average Bonchev–Trinajstić information content (AvgIpc) is 2.49. The van der Waals surface area contributed by atoms with Gasteiger partial charge in [-0.25, -0.2) is 0 Å². The van der Waals surface area contributed by atoms with Gasteiger partial charge in [0.1, 0.15) is 0 Å². The summed E-state index contributed by atoms with van der Waals surface area (Å²) in [6, 6.07) is 9.47. The van der Waals surface area contributed by atoms with E-state index in [0.717, 1.165) is 32.2 Å². The minimum atomic E-state index is 0.432. The molecule has 0 bridgehead atoms. The third-order valence-electron chi connectivity index (χ3n) is 4.29. The van der Waals surface area contributed by atoms with Gasteiger partial charge in [-0.1, -0.05) is 19.1 Å². The molecule has 1 aliphatic heterocycles. The molecule has 1 aromatic rings. The van der Waals surface area contributed by atoms with Gasteiger partial charge in [-0.15, -0.1) is 0 Å². The first kappa shape index (κ1) is 15.3. The van der Waals surface area contributed by atoms with Gasteiger partial charge < -0.3 is 15.0 Å². The van der Waals surface area contributed by atoms with Crippen molar-refractivity contribution >= 4 is 5.69 Å². The summed E-state index contributed by atoms with van der Waals surface area (Å²) in [5, 5.41) is 3.45. The zero-order chi connectivity index (χ0) is 14.4. The van der Waals surface area contributed by atoms with Crippen molar-refractivity contribution in [1.82, 2.24) is 5.32 Å². The lowest BCUT2D eigenvalue weighted by atomic mass is 9.97. The molecule has 3 heteroatoms. The van der Waals surface area contributed by atoms with Crippen molar-refractivity contribution in [3.8, 4) is 0 Å². The summed E-state index contributed by atoms with van der Waals surface area (Å²) in [7, 11) is 1.80. The van der Waals surface area contributed by atoms with Crippen LogP contribution >= 0.6 is 0 Å². The van der Waals surface area contributed by atoms with Gasteiger partial charge in [-0.3, -0.25) is 0 Å². The number of hydrogen-bond donors (Lipinski definition) is 1. The van der Waals surface area contributed by atoms with Crippen molar-refractivity contribution in [2.24, 2.45) is 5.92 Å². The van der Waals surface area contributed by atoms with E-state index in [-0.39, 0.29) is 0 Å². The van der Waals surface area contributed by atoms with E-state index < -0.39 is 0 Å². The number of ether oxygens (including phenoxy) is 1. The van der Waals surface area contributed by atoms with E-state index >= 15 is 0 Å². The maximum absolute atomic E-state index is 5.26. The fourth-order valence-corrected chi connectivity index (χ4v) is 2.99. The third kappa shape index (κ3) is 3.97. The van der Waals surface area contributed by atoms with Crippen molar-refractivity contribution in [2.75, 3.05) is 38.3 Å². The molecule has 112 valence electrons. The first-order chi connectivity index (χ1) is 9.74. The monoisotopic (exact) mass is 276 g/mol. The number of anilines is 1. The molecule has 0 spiro atoms. The lowest BCUT2D eigenvalue weighted by molar-refractivity contribution is 0.139. The Hall–Kier alpha value is -1.06. The van der Waals surface area contributed by atoms with Crippen LogP contribution in [0.1, 0.15) is 38.3 Å². The smallest absolute Gasteiger partial charge is 0.0491 e. The Bertz CT molecular complexity index is 382. The molecule has 0 radical (unpaired) electrons. The van der Waals surface area contributed by atoms with Crippen LogP contribution in [0.5, 0.6) is 0 Å². The summed E-state index contributed by atoms with van der Waals surface area (Å²) in [6.07, 6.45) is 2.48. The molecule has 0 amide bonds. The van der Waals surface area contributed by atoms with Gasteiger partial charge in [0, 0.05) is 38.5 Å². The van der Waals surface area contributed by atoms with Crippen LogP contribution in [0.3, 0.4) is 0 Å². The van der Waals surface area contributed by atoms with Crippen LogP contribution in [0.25, 0.3) is 0 Å². The maximum atomic E-state index is 5.26. The van der Waals surface area contributed by atoms with Gasteiger partial charge in [0.25, 0.3) is 0 Å². The molecule has 3 nitrogen and oxygen atoms in total. The summed E-state index contributed by atoms with van der Waals surface area (Å²) >= 11 is 0. The molecule has 1 heterocycles. The molecule has 1 saturated heterocycles. The Kier molecular flexibility index (Phi) is 5.86. The SMILES string of the molecule is CCNC(C)c1ccc(N2CCC(COC)CC2)cc1. The van der Waals surface area contributed by atoms with Crippen LogP contribution in [-0.4, -0.2) is 33.4 Å². The van der Waals surface area contributed by atoms with Crippen LogP contribution in [0.2, 0.25) is 0 Å². The molecule has 0 aliphatic carbocycles. The second kappa shape index (κ2) is 7.65. The Labute approximate surface area is 123 Å². The second-order valence-corrected chi connectivity index (χ2v) is 5.76. The van der Waals surface area contributed by atoms with E-state index in [1.165, 1.54) is 24.1 Å². The molecular weight excluding hydrogens is 248 g/mol. The van der Waals surface area contributed by atoms with E-state index in [1.54, 1.807) is 7.11 Å². The summed E-state index contributed by atoms with van der Waals surface area (Å²) < 4.78 is 5.26. The summed E-state index contributed by atoms with van der Waals surface area (Å²) in [4.78, 5) is 2.49. The van der Waals surface area contributed by atoms with Gasteiger partial charge in [-0.05, 0) is 49.9 Å². The van der Waals surface area contributed by atoms with E-state index in [1.807, 2.05) is 0 Å². The number of piperidine rings is 1. The Morgan fingerprint density at radius 2 is 1.90 bits per heavy atom. The molecule has 0 saturated carbocycles. The largest absolute Gasteiger partial charge is 0.384 e. The van der Waals surface area contributed by atoms with Crippen LogP contribution < -0.4 is 10.2 Å². The van der Waals surface area contributed by atoms with Crippen LogP contribution in [0, 0.1) is 5.92 Å². The topological polar surface area (TPSA) is 24.5 Å². The van der Waals surface area contributed by atoms with Crippen molar-refractivity contribution in [2.45, 2.75) is 32.7 Å². The predicted octanol–water partition coefficient (Wildman–Crippen LogP) is 3.22. The van der Waals surface area contributed by atoms with E-state index in [4.69, 9.17) is 4.74 Å². The minimum Gasteiger partial charge on any atom is -0.384 e. The molecule has 1 unspecified atom stereocenters. The van der Waals surface area contributed by atoms with Crippen molar-refractivity contribution < 1.29 is 4.74 Å². The van der Waals surface area contributed by atoms with Crippen LogP contribution in [0.15, 0.2) is 24.3 Å². The zero-order valence-corrected chi connectivity index (χ0v) is 13.1. The molecule has 1 atom stereocenters. The van der Waals surface area contributed by atoms with Crippen molar-refractivity contribution in [3.05, 3.63) is 29.8 Å². The molecule has 0 aromatic heterocycles. The van der Waals surface area contributed by atoms with Gasteiger partial charge in [-0.2, -0.15) is 0 Å². The maximum Gasteiger partial charge on any atom is 0.0491 e. The normalized spacial score (nSPS) is 18.2. The van der Waals surface area contributed by atoms with Crippen LogP contribution in [0.4, 0.5) is 5.69 Å². The Balaban J connectivity index is 1.91. The van der Waals surface area contributed by atoms with Gasteiger partial charge in [0.2, 0.25) is 0 Å². The zero-order valence-electron chi connectivity index (χ0n) is 13.1. The van der Waals surface area contributed by atoms with E-state index in [9.17, 15) is 0 Å². The first-order valence-electron chi connectivity index (χ1n) is 7.81. The van der Waals surface area contributed by atoms with Gasteiger partial charge >= 0.3 is 0 Å². The number of methoxy groups -OCH3 is 1. The highest BCUT2D eigenvalue weighted by molar-refractivity contribution is 5.48. The summed E-state index contributed by atoms with van der Waals surface area (Å²) in [5.41, 5.74) is 2.72. The lowest BCUT2D eigenvalue weighted by Crippen LogP contribution is -2.34. The second-order valence-electron chi connectivity index (χ2n) is 5.76. The first-order valence-corrected chi connectivity index (χ1v) is 7.81. The lowest BCUT2D eigenvalue weighted by Gasteiger charge is -2.33. The summed E-state index contributed by atoms with van der Waals surface area (Å²) in [5.74, 6) is 0.740. The highest BCUT2D eigenvalue weighted by atomic mass is 16.5. The highest BCUT2D eigenvalue weighted by Crippen LogP contribution is 2.25. The number of rotatable bonds is 6. The van der Waals surface area contributed by atoms with Gasteiger partial charge in [0.05, 0.1) is 0 Å². The molecule has 2 rings (SSSR count).